The Balaban J connectivity index is 2.03. The average Bonchev–Trinajstić information content (AvgIpc) is 2.53. The Morgan fingerprint density at radius 1 is 1.40 bits per heavy atom. The molecule has 1 N–H and O–H groups in total. The third kappa shape index (κ3) is 5.70. The maximum absolute atomic E-state index is 13.3. The zero-order chi connectivity index (χ0) is 18.4. The second-order valence-electron chi connectivity index (χ2n) is 5.88. The number of nitrogens with zero attached hydrogens (tertiary/aromatic N) is 2. The van der Waals surface area contributed by atoms with Crippen molar-refractivity contribution in [2.75, 3.05) is 7.05 Å². The Kier molecular flexibility index (Phi) is 6.75. The maximum Gasteiger partial charge on any atom is 0.251 e. The van der Waals surface area contributed by atoms with Gasteiger partial charge in [-0.3, -0.25) is 9.59 Å². The number of aryl methyl sites for hydroxylation is 1. The van der Waals surface area contributed by atoms with E-state index in [1.807, 2.05) is 6.92 Å². The van der Waals surface area contributed by atoms with Crippen LogP contribution in [0.4, 0.5) is 4.39 Å². The normalized spacial score (nSPS) is 12.0. The van der Waals surface area contributed by atoms with Crippen molar-refractivity contribution in [3.8, 4) is 0 Å². The second kappa shape index (κ2) is 8.80. The summed E-state index contributed by atoms with van der Waals surface area (Å²) < 4.78 is 13.3. The number of rotatable bonds is 7. The van der Waals surface area contributed by atoms with Crippen molar-refractivity contribution in [1.29, 1.82) is 0 Å². The lowest BCUT2D eigenvalue weighted by atomic mass is 10.2. The number of hydrogen-bond acceptors (Lipinski definition) is 4. The molecular formula is C18H22FN3O2S. The smallest absolute Gasteiger partial charge is 0.251 e. The molecule has 0 unspecified atom stereocenters. The molecule has 1 amide bonds. The van der Waals surface area contributed by atoms with Crippen LogP contribution in [0, 0.1) is 5.82 Å². The van der Waals surface area contributed by atoms with Crippen molar-refractivity contribution in [3.05, 3.63) is 57.8 Å². The SMILES string of the molecule is CCCc1cc(=O)[nH]c(S[C@H](C)C(=O)N(C)Cc2cccc(F)c2)n1. The number of nitrogens with one attached hydrogen (secondary N) is 1. The molecule has 0 spiro atoms. The van der Waals surface area contributed by atoms with E-state index in [4.69, 9.17) is 0 Å². The summed E-state index contributed by atoms with van der Waals surface area (Å²) in [7, 11) is 1.67. The van der Waals surface area contributed by atoms with Gasteiger partial charge in [-0.25, -0.2) is 9.37 Å². The molecule has 0 aliphatic heterocycles. The third-order valence-electron chi connectivity index (χ3n) is 3.60. The van der Waals surface area contributed by atoms with Gasteiger partial charge in [-0.15, -0.1) is 0 Å². The molecule has 1 aromatic carbocycles. The average molecular weight is 363 g/mol. The predicted molar refractivity (Wildman–Crippen MR) is 97.0 cm³/mol. The molecule has 0 radical (unpaired) electrons. The van der Waals surface area contributed by atoms with Crippen LogP contribution in [0.2, 0.25) is 0 Å². The molecular weight excluding hydrogens is 341 g/mol. The van der Waals surface area contributed by atoms with E-state index in [1.165, 1.54) is 30.0 Å². The summed E-state index contributed by atoms with van der Waals surface area (Å²) in [6.07, 6.45) is 1.62. The highest BCUT2D eigenvalue weighted by Gasteiger charge is 2.20. The molecule has 5 nitrogen and oxygen atoms in total. The van der Waals surface area contributed by atoms with Crippen molar-refractivity contribution in [3.63, 3.8) is 0 Å². The Labute approximate surface area is 150 Å². The van der Waals surface area contributed by atoms with Crippen LogP contribution in [0.15, 0.2) is 40.3 Å². The van der Waals surface area contributed by atoms with Crippen LogP contribution < -0.4 is 5.56 Å². The standard InChI is InChI=1S/C18H22FN3O2S/c1-4-6-15-10-16(23)21-18(20-15)25-12(2)17(24)22(3)11-13-7-5-8-14(19)9-13/h5,7-10,12H,4,6,11H2,1-3H3,(H,20,21,23)/t12-/m1/s1. The summed E-state index contributed by atoms with van der Waals surface area (Å²) in [4.78, 5) is 32.8. The molecule has 1 atom stereocenters. The highest BCUT2D eigenvalue weighted by molar-refractivity contribution is 8.00. The molecule has 0 saturated heterocycles. The number of amides is 1. The van der Waals surface area contributed by atoms with Gasteiger partial charge < -0.3 is 9.88 Å². The van der Waals surface area contributed by atoms with Gasteiger partial charge in [-0.1, -0.05) is 37.2 Å². The van der Waals surface area contributed by atoms with Gasteiger partial charge in [0, 0.05) is 25.4 Å². The van der Waals surface area contributed by atoms with Crippen LogP contribution in [0.3, 0.4) is 0 Å². The number of carbonyl (C=O) groups excluding carboxylic acids is 1. The van der Waals surface area contributed by atoms with E-state index in [2.05, 4.69) is 9.97 Å². The summed E-state index contributed by atoms with van der Waals surface area (Å²) in [5, 5.41) is 0.0227. The van der Waals surface area contributed by atoms with E-state index in [0.29, 0.717) is 11.7 Å². The van der Waals surface area contributed by atoms with Crippen LogP contribution in [0.25, 0.3) is 0 Å². The van der Waals surface area contributed by atoms with Crippen LogP contribution in [-0.4, -0.2) is 33.1 Å². The third-order valence-corrected chi connectivity index (χ3v) is 4.57. The van der Waals surface area contributed by atoms with Gasteiger partial charge in [0.15, 0.2) is 5.16 Å². The molecule has 0 aliphatic carbocycles. The Morgan fingerprint density at radius 3 is 2.84 bits per heavy atom. The first-order chi connectivity index (χ1) is 11.9. The Bertz CT molecular complexity index is 794. The number of H-pyrrole nitrogens is 1. The number of benzene rings is 1. The summed E-state index contributed by atoms with van der Waals surface area (Å²) in [5.74, 6) is -0.437. The first-order valence-electron chi connectivity index (χ1n) is 8.15. The van der Waals surface area contributed by atoms with Crippen LogP contribution in [0.1, 0.15) is 31.5 Å². The minimum atomic E-state index is -0.418. The fourth-order valence-corrected chi connectivity index (χ4v) is 3.38. The predicted octanol–water partition coefficient (Wildman–Crippen LogP) is 3.00. The molecule has 0 bridgehead atoms. The summed E-state index contributed by atoms with van der Waals surface area (Å²) in [6, 6.07) is 7.66. The molecule has 0 saturated carbocycles. The van der Waals surface area contributed by atoms with Crippen molar-refractivity contribution < 1.29 is 9.18 Å². The van der Waals surface area contributed by atoms with Gasteiger partial charge in [-0.2, -0.15) is 0 Å². The Morgan fingerprint density at radius 2 is 2.16 bits per heavy atom. The van der Waals surface area contributed by atoms with Gasteiger partial charge in [-0.05, 0) is 31.0 Å². The molecule has 25 heavy (non-hydrogen) atoms. The summed E-state index contributed by atoms with van der Waals surface area (Å²) >= 11 is 1.22. The molecule has 2 rings (SSSR count). The van der Waals surface area contributed by atoms with Crippen molar-refractivity contribution in [2.45, 2.75) is 43.6 Å². The molecule has 7 heteroatoms. The minimum Gasteiger partial charge on any atom is -0.340 e. The monoisotopic (exact) mass is 363 g/mol. The van der Waals surface area contributed by atoms with E-state index in [1.54, 1.807) is 31.0 Å². The molecule has 134 valence electrons. The van der Waals surface area contributed by atoms with Gasteiger partial charge in [0.25, 0.3) is 5.56 Å². The lowest BCUT2D eigenvalue weighted by Gasteiger charge is -2.21. The highest BCUT2D eigenvalue weighted by Crippen LogP contribution is 2.21. The van der Waals surface area contributed by atoms with Crippen LogP contribution in [0.5, 0.6) is 0 Å². The zero-order valence-corrected chi connectivity index (χ0v) is 15.4. The minimum absolute atomic E-state index is 0.113. The van der Waals surface area contributed by atoms with E-state index < -0.39 is 5.25 Å². The van der Waals surface area contributed by atoms with Crippen molar-refractivity contribution in [2.24, 2.45) is 0 Å². The highest BCUT2D eigenvalue weighted by atomic mass is 32.2. The summed E-state index contributed by atoms with van der Waals surface area (Å²) in [6.45, 7) is 4.10. The van der Waals surface area contributed by atoms with Crippen LogP contribution >= 0.6 is 11.8 Å². The van der Waals surface area contributed by atoms with Crippen molar-refractivity contribution in [1.82, 2.24) is 14.9 Å². The quantitative estimate of drug-likeness (QED) is 0.607. The number of aromatic nitrogens is 2. The van der Waals surface area contributed by atoms with E-state index >= 15 is 0 Å². The van der Waals surface area contributed by atoms with Crippen molar-refractivity contribution >= 4 is 17.7 Å². The molecule has 1 aromatic heterocycles. The molecule has 0 aliphatic rings. The topological polar surface area (TPSA) is 66.1 Å². The number of hydrogen-bond donors (Lipinski definition) is 1. The number of thioether (sulfide) groups is 1. The van der Waals surface area contributed by atoms with Gasteiger partial charge in [0.05, 0.1) is 5.25 Å². The lowest BCUT2D eigenvalue weighted by molar-refractivity contribution is -0.129. The summed E-state index contributed by atoms with van der Waals surface area (Å²) in [5.41, 5.74) is 1.24. The fraction of sp³-hybridized carbons (Fsp3) is 0.389. The van der Waals surface area contributed by atoms with E-state index in [9.17, 15) is 14.0 Å². The van der Waals surface area contributed by atoms with E-state index in [0.717, 1.165) is 24.1 Å². The first-order valence-corrected chi connectivity index (χ1v) is 9.03. The number of aromatic amines is 1. The number of halogens is 1. The first kappa shape index (κ1) is 19.2. The van der Waals surface area contributed by atoms with Crippen LogP contribution in [-0.2, 0) is 17.8 Å². The van der Waals surface area contributed by atoms with E-state index in [-0.39, 0.29) is 17.3 Å². The largest absolute Gasteiger partial charge is 0.340 e. The van der Waals surface area contributed by atoms with Gasteiger partial charge in [0.2, 0.25) is 5.91 Å². The Hall–Kier alpha value is -2.15. The number of carbonyl (C=O) groups is 1. The molecule has 1 heterocycles. The lowest BCUT2D eigenvalue weighted by Crippen LogP contribution is -2.33. The maximum atomic E-state index is 13.3. The van der Waals surface area contributed by atoms with Gasteiger partial charge in [0.1, 0.15) is 5.82 Å². The molecule has 2 aromatic rings. The fourth-order valence-electron chi connectivity index (χ4n) is 2.44. The second-order valence-corrected chi connectivity index (χ2v) is 7.21. The van der Waals surface area contributed by atoms with Gasteiger partial charge >= 0.3 is 0 Å². The molecule has 0 fully saturated rings. The zero-order valence-electron chi connectivity index (χ0n) is 14.6.